The molecule has 1 aliphatic heterocycles. The van der Waals surface area contributed by atoms with Gasteiger partial charge in [0.25, 0.3) is 0 Å². The summed E-state index contributed by atoms with van der Waals surface area (Å²) in [6, 6.07) is 3.92. The highest BCUT2D eigenvalue weighted by atomic mass is 32.2. The normalized spacial score (nSPS) is 22.2. The fourth-order valence-corrected chi connectivity index (χ4v) is 4.03. The van der Waals surface area contributed by atoms with Crippen molar-refractivity contribution in [3.8, 4) is 0 Å². The third-order valence-corrected chi connectivity index (χ3v) is 5.25. The second-order valence-corrected chi connectivity index (χ2v) is 6.92. The molecule has 1 aromatic rings. The molecule has 2 N–H and O–H groups in total. The van der Waals surface area contributed by atoms with Crippen LogP contribution in [0.4, 0.5) is 0 Å². The van der Waals surface area contributed by atoms with Gasteiger partial charge < -0.3 is 5.73 Å². The van der Waals surface area contributed by atoms with Crippen LogP contribution in [0.5, 0.6) is 0 Å². The average Bonchev–Trinajstić information content (AvgIpc) is 2.33. The first-order chi connectivity index (χ1) is 8.12. The molecular weight excluding hydrogens is 236 g/mol. The lowest BCUT2D eigenvalue weighted by Gasteiger charge is -2.29. The Hall–Kier alpha value is -0.940. The quantitative estimate of drug-likeness (QED) is 0.871. The van der Waals surface area contributed by atoms with Gasteiger partial charge in [-0.15, -0.1) is 0 Å². The maximum Gasteiger partial charge on any atom is 0.150 e. The maximum absolute atomic E-state index is 11.4. The van der Waals surface area contributed by atoms with Crippen molar-refractivity contribution in [2.75, 3.05) is 18.1 Å². The van der Waals surface area contributed by atoms with Crippen LogP contribution in [0.1, 0.15) is 24.3 Å². The van der Waals surface area contributed by atoms with Gasteiger partial charge in [-0.3, -0.25) is 4.98 Å². The fourth-order valence-electron chi connectivity index (χ4n) is 2.51. The molecule has 0 aromatic carbocycles. The Balaban J connectivity index is 2.11. The first kappa shape index (κ1) is 12.5. The van der Waals surface area contributed by atoms with Gasteiger partial charge in [0.2, 0.25) is 0 Å². The Bertz CT molecular complexity index is 445. The molecule has 1 saturated heterocycles. The van der Waals surface area contributed by atoms with Crippen molar-refractivity contribution in [3.63, 3.8) is 0 Å². The molecule has 1 aliphatic rings. The third-order valence-electron chi connectivity index (χ3n) is 3.53. The molecule has 4 nitrogen and oxygen atoms in total. The van der Waals surface area contributed by atoms with E-state index in [0.717, 1.165) is 18.4 Å². The van der Waals surface area contributed by atoms with Gasteiger partial charge in [-0.25, -0.2) is 8.42 Å². The summed E-state index contributed by atoms with van der Waals surface area (Å²) in [5.74, 6) is 1.20. The van der Waals surface area contributed by atoms with Crippen molar-refractivity contribution in [3.05, 3.63) is 30.1 Å². The van der Waals surface area contributed by atoms with Crippen molar-refractivity contribution < 1.29 is 8.42 Å². The predicted molar refractivity (Wildman–Crippen MR) is 67.4 cm³/mol. The standard InChI is InChI=1S/C12H18N2O2S/c13-8-12(11-2-1-5-14-9-11)10-3-6-17(15,16)7-4-10/h1-2,5,9-10,12H,3-4,6-8,13H2. The van der Waals surface area contributed by atoms with Gasteiger partial charge in [-0.2, -0.15) is 0 Å². The summed E-state index contributed by atoms with van der Waals surface area (Å²) in [6.45, 7) is 0.552. The molecule has 17 heavy (non-hydrogen) atoms. The summed E-state index contributed by atoms with van der Waals surface area (Å²) in [4.78, 5) is 4.10. The van der Waals surface area contributed by atoms with Crippen molar-refractivity contribution in [2.24, 2.45) is 11.7 Å². The number of aromatic nitrogens is 1. The zero-order valence-corrected chi connectivity index (χ0v) is 10.6. The number of pyridine rings is 1. The second kappa shape index (κ2) is 5.14. The average molecular weight is 254 g/mol. The minimum Gasteiger partial charge on any atom is -0.330 e. The number of nitrogens with two attached hydrogens (primary N) is 1. The van der Waals surface area contributed by atoms with Gasteiger partial charge in [-0.1, -0.05) is 6.07 Å². The molecule has 1 aromatic heterocycles. The van der Waals surface area contributed by atoms with Crippen molar-refractivity contribution >= 4 is 9.84 Å². The Morgan fingerprint density at radius 1 is 1.41 bits per heavy atom. The van der Waals surface area contributed by atoms with Crippen LogP contribution in [0, 0.1) is 5.92 Å². The van der Waals surface area contributed by atoms with Crippen LogP contribution < -0.4 is 5.73 Å². The number of nitrogens with zero attached hydrogens (tertiary/aromatic N) is 1. The number of sulfone groups is 1. The van der Waals surface area contributed by atoms with Crippen LogP contribution in [-0.4, -0.2) is 31.5 Å². The molecule has 5 heteroatoms. The van der Waals surface area contributed by atoms with E-state index >= 15 is 0 Å². The van der Waals surface area contributed by atoms with Crippen LogP contribution in [0.2, 0.25) is 0 Å². The van der Waals surface area contributed by atoms with Crippen LogP contribution in [0.25, 0.3) is 0 Å². The van der Waals surface area contributed by atoms with Gasteiger partial charge in [-0.05, 0) is 36.9 Å². The van der Waals surface area contributed by atoms with Crippen LogP contribution in [-0.2, 0) is 9.84 Å². The molecular formula is C12H18N2O2S. The lowest BCUT2D eigenvalue weighted by Crippen LogP contribution is -2.30. The first-order valence-corrected chi connectivity index (χ1v) is 7.75. The highest BCUT2D eigenvalue weighted by Gasteiger charge is 2.29. The largest absolute Gasteiger partial charge is 0.330 e. The van der Waals surface area contributed by atoms with Crippen molar-refractivity contribution in [2.45, 2.75) is 18.8 Å². The molecule has 0 aliphatic carbocycles. The summed E-state index contributed by atoms with van der Waals surface area (Å²) in [7, 11) is -2.80. The van der Waals surface area contributed by atoms with E-state index < -0.39 is 9.84 Å². The monoisotopic (exact) mass is 254 g/mol. The Morgan fingerprint density at radius 2 is 2.12 bits per heavy atom. The summed E-state index contributed by atoms with van der Waals surface area (Å²) in [5.41, 5.74) is 6.95. The smallest absolute Gasteiger partial charge is 0.150 e. The SMILES string of the molecule is NCC(c1cccnc1)C1CCS(=O)(=O)CC1. The molecule has 94 valence electrons. The Kier molecular flexibility index (Phi) is 3.79. The molecule has 0 amide bonds. The molecule has 0 saturated carbocycles. The van der Waals surface area contributed by atoms with Gasteiger partial charge in [0.15, 0.2) is 0 Å². The Labute approximate surface area is 102 Å². The lowest BCUT2D eigenvalue weighted by molar-refractivity contribution is 0.388. The minimum absolute atomic E-state index is 0.235. The first-order valence-electron chi connectivity index (χ1n) is 5.93. The second-order valence-electron chi connectivity index (χ2n) is 4.62. The van der Waals surface area contributed by atoms with Crippen LogP contribution in [0.15, 0.2) is 24.5 Å². The number of hydrogen-bond donors (Lipinski definition) is 1. The van der Waals surface area contributed by atoms with Gasteiger partial charge in [0.1, 0.15) is 9.84 Å². The molecule has 1 atom stereocenters. The minimum atomic E-state index is -2.80. The highest BCUT2D eigenvalue weighted by Crippen LogP contribution is 2.32. The fraction of sp³-hybridized carbons (Fsp3) is 0.583. The lowest BCUT2D eigenvalue weighted by atomic mass is 9.83. The van der Waals surface area contributed by atoms with Gasteiger partial charge in [0.05, 0.1) is 11.5 Å². The molecule has 0 bridgehead atoms. The van der Waals surface area contributed by atoms with Gasteiger partial charge >= 0.3 is 0 Å². The Morgan fingerprint density at radius 3 is 2.65 bits per heavy atom. The van der Waals surface area contributed by atoms with E-state index in [9.17, 15) is 8.42 Å². The molecule has 0 radical (unpaired) electrons. The summed E-state index contributed by atoms with van der Waals surface area (Å²) in [6.07, 6.45) is 5.02. The summed E-state index contributed by atoms with van der Waals surface area (Å²) >= 11 is 0. The van der Waals surface area contributed by atoms with Crippen LogP contribution >= 0.6 is 0 Å². The van der Waals surface area contributed by atoms with E-state index in [0.29, 0.717) is 24.0 Å². The predicted octanol–water partition coefficient (Wildman–Crippen LogP) is 0.949. The summed E-state index contributed by atoms with van der Waals surface area (Å²) in [5, 5.41) is 0. The van der Waals surface area contributed by atoms with Crippen LogP contribution in [0.3, 0.4) is 0 Å². The van der Waals surface area contributed by atoms with E-state index in [4.69, 9.17) is 5.73 Å². The van der Waals surface area contributed by atoms with E-state index in [2.05, 4.69) is 4.98 Å². The topological polar surface area (TPSA) is 73.0 Å². The maximum atomic E-state index is 11.4. The molecule has 2 heterocycles. The molecule has 1 unspecified atom stereocenters. The molecule has 2 rings (SSSR count). The molecule has 0 spiro atoms. The van der Waals surface area contributed by atoms with Gasteiger partial charge in [0, 0.05) is 18.3 Å². The zero-order chi connectivity index (χ0) is 12.3. The van der Waals surface area contributed by atoms with Crippen molar-refractivity contribution in [1.29, 1.82) is 0 Å². The van der Waals surface area contributed by atoms with E-state index in [1.165, 1.54) is 0 Å². The third kappa shape index (κ3) is 3.04. The van der Waals surface area contributed by atoms with Crippen molar-refractivity contribution in [1.82, 2.24) is 4.98 Å². The summed E-state index contributed by atoms with van der Waals surface area (Å²) < 4.78 is 22.8. The molecule has 1 fully saturated rings. The number of rotatable bonds is 3. The van der Waals surface area contributed by atoms with E-state index in [-0.39, 0.29) is 5.92 Å². The zero-order valence-electron chi connectivity index (χ0n) is 9.75. The van der Waals surface area contributed by atoms with E-state index in [1.807, 2.05) is 18.3 Å². The highest BCUT2D eigenvalue weighted by molar-refractivity contribution is 7.91. The number of hydrogen-bond acceptors (Lipinski definition) is 4. The van der Waals surface area contributed by atoms with E-state index in [1.54, 1.807) is 6.20 Å².